The average molecular weight is 432 g/mol. The van der Waals surface area contributed by atoms with Gasteiger partial charge in [0.25, 0.3) is 0 Å². The number of benzene rings is 1. The highest BCUT2D eigenvalue weighted by molar-refractivity contribution is 5.59. The maximum Gasteiger partial charge on any atom is 0.0702 e. The summed E-state index contributed by atoms with van der Waals surface area (Å²) in [6.07, 6.45) is 21.7. The minimum absolute atomic E-state index is 0.726. The van der Waals surface area contributed by atoms with Gasteiger partial charge in [0.15, 0.2) is 0 Å². The van der Waals surface area contributed by atoms with E-state index in [1.807, 2.05) is 0 Å². The molecule has 0 spiro atoms. The maximum absolute atomic E-state index is 4.87. The summed E-state index contributed by atoms with van der Waals surface area (Å²) in [5.74, 6) is 3.45. The van der Waals surface area contributed by atoms with Crippen LogP contribution in [0.5, 0.6) is 0 Å². The molecule has 2 aromatic rings. The van der Waals surface area contributed by atoms with Gasteiger partial charge in [-0.2, -0.15) is 0 Å². The molecule has 2 saturated carbocycles. The van der Waals surface area contributed by atoms with E-state index in [1.165, 1.54) is 101 Å². The van der Waals surface area contributed by atoms with Gasteiger partial charge in [-0.25, -0.2) is 0 Å². The number of aromatic nitrogens is 1. The summed E-state index contributed by atoms with van der Waals surface area (Å²) in [7, 11) is 0. The van der Waals surface area contributed by atoms with Crippen LogP contribution < -0.4 is 0 Å². The minimum Gasteiger partial charge on any atom is -0.256 e. The van der Waals surface area contributed by atoms with Crippen molar-refractivity contribution in [3.8, 4) is 11.3 Å². The molecule has 1 nitrogen and oxygen atoms in total. The molecule has 0 amide bonds. The fourth-order valence-electron chi connectivity index (χ4n) is 6.40. The summed E-state index contributed by atoms with van der Waals surface area (Å²) >= 11 is 0. The number of nitrogens with zero attached hydrogens (tertiary/aromatic N) is 1. The van der Waals surface area contributed by atoms with Crippen LogP contribution in [0.3, 0.4) is 0 Å². The van der Waals surface area contributed by atoms with Crippen molar-refractivity contribution in [3.05, 3.63) is 53.7 Å². The van der Waals surface area contributed by atoms with Crippen LogP contribution in [0.25, 0.3) is 11.3 Å². The van der Waals surface area contributed by atoms with Crippen molar-refractivity contribution in [2.75, 3.05) is 0 Å². The SMILES string of the molecule is CCCCCC1CCC(c2ccc(-c3ccc(C4CCC(CCC)CC4)cn3)cc2)CC1. The van der Waals surface area contributed by atoms with Crippen LogP contribution in [0.15, 0.2) is 42.6 Å². The normalized spacial score (nSPS) is 26.2. The molecule has 0 saturated heterocycles. The second kappa shape index (κ2) is 12.0. The Kier molecular flexibility index (Phi) is 8.83. The van der Waals surface area contributed by atoms with Crippen LogP contribution in [-0.4, -0.2) is 4.98 Å². The molecule has 1 heterocycles. The first-order valence-corrected chi connectivity index (χ1v) is 13.8. The van der Waals surface area contributed by atoms with E-state index in [0.29, 0.717) is 0 Å². The van der Waals surface area contributed by atoms with Crippen LogP contribution in [-0.2, 0) is 0 Å². The van der Waals surface area contributed by atoms with Crippen molar-refractivity contribution in [2.45, 2.75) is 116 Å². The van der Waals surface area contributed by atoms with E-state index in [0.717, 1.165) is 29.4 Å². The van der Waals surface area contributed by atoms with E-state index in [4.69, 9.17) is 4.98 Å². The molecular weight excluding hydrogens is 386 g/mol. The Balaban J connectivity index is 1.29. The van der Waals surface area contributed by atoms with Crippen LogP contribution in [0, 0.1) is 11.8 Å². The number of hydrogen-bond donors (Lipinski definition) is 0. The molecule has 32 heavy (non-hydrogen) atoms. The van der Waals surface area contributed by atoms with E-state index >= 15 is 0 Å². The summed E-state index contributed by atoms with van der Waals surface area (Å²) in [5, 5.41) is 0. The highest BCUT2D eigenvalue weighted by Gasteiger charge is 2.23. The Hall–Kier alpha value is -1.63. The third kappa shape index (κ3) is 6.24. The van der Waals surface area contributed by atoms with Crippen LogP contribution in [0.1, 0.15) is 127 Å². The Labute approximate surface area is 197 Å². The lowest BCUT2D eigenvalue weighted by Gasteiger charge is -2.29. The van der Waals surface area contributed by atoms with Gasteiger partial charge in [0, 0.05) is 11.8 Å². The molecule has 0 radical (unpaired) electrons. The van der Waals surface area contributed by atoms with Gasteiger partial charge in [0.1, 0.15) is 0 Å². The highest BCUT2D eigenvalue weighted by atomic mass is 14.7. The Morgan fingerprint density at radius 1 is 0.625 bits per heavy atom. The summed E-state index contributed by atoms with van der Waals surface area (Å²) in [4.78, 5) is 4.87. The van der Waals surface area contributed by atoms with E-state index < -0.39 is 0 Å². The van der Waals surface area contributed by atoms with Crippen LogP contribution in [0.4, 0.5) is 0 Å². The molecule has 1 heteroatoms. The van der Waals surface area contributed by atoms with Crippen molar-refractivity contribution in [2.24, 2.45) is 11.8 Å². The lowest BCUT2D eigenvalue weighted by molar-refractivity contribution is 0.303. The van der Waals surface area contributed by atoms with Gasteiger partial charge in [0.05, 0.1) is 5.69 Å². The molecule has 0 unspecified atom stereocenters. The summed E-state index contributed by atoms with van der Waals surface area (Å²) in [6.45, 7) is 4.63. The molecule has 4 rings (SSSR count). The minimum atomic E-state index is 0.726. The molecule has 174 valence electrons. The second-order valence-corrected chi connectivity index (χ2v) is 10.8. The Bertz CT molecular complexity index is 774. The average Bonchev–Trinajstić information content (AvgIpc) is 2.86. The topological polar surface area (TPSA) is 12.9 Å². The first-order valence-electron chi connectivity index (χ1n) is 13.8. The number of hydrogen-bond acceptors (Lipinski definition) is 1. The van der Waals surface area contributed by atoms with E-state index in [2.05, 4.69) is 56.4 Å². The monoisotopic (exact) mass is 431 g/mol. The van der Waals surface area contributed by atoms with Crippen molar-refractivity contribution >= 4 is 0 Å². The van der Waals surface area contributed by atoms with Gasteiger partial charge >= 0.3 is 0 Å². The largest absolute Gasteiger partial charge is 0.256 e. The Morgan fingerprint density at radius 2 is 1.22 bits per heavy atom. The predicted molar refractivity (Wildman–Crippen MR) is 138 cm³/mol. The molecule has 1 aromatic heterocycles. The van der Waals surface area contributed by atoms with E-state index in [1.54, 1.807) is 5.56 Å². The van der Waals surface area contributed by atoms with Gasteiger partial charge in [-0.3, -0.25) is 4.98 Å². The molecule has 0 bridgehead atoms. The van der Waals surface area contributed by atoms with Gasteiger partial charge in [-0.1, -0.05) is 82.7 Å². The van der Waals surface area contributed by atoms with Crippen molar-refractivity contribution in [1.82, 2.24) is 4.98 Å². The third-order valence-electron chi connectivity index (χ3n) is 8.54. The van der Waals surface area contributed by atoms with Gasteiger partial charge in [-0.15, -0.1) is 0 Å². The van der Waals surface area contributed by atoms with E-state index in [9.17, 15) is 0 Å². The van der Waals surface area contributed by atoms with Gasteiger partial charge in [-0.05, 0) is 92.2 Å². The summed E-state index contributed by atoms with van der Waals surface area (Å²) in [6, 6.07) is 14.0. The molecule has 0 N–H and O–H groups in total. The highest BCUT2D eigenvalue weighted by Crippen LogP contribution is 2.39. The zero-order chi connectivity index (χ0) is 22.2. The smallest absolute Gasteiger partial charge is 0.0702 e. The zero-order valence-electron chi connectivity index (χ0n) is 20.7. The van der Waals surface area contributed by atoms with Crippen molar-refractivity contribution in [3.63, 3.8) is 0 Å². The molecule has 0 aliphatic heterocycles. The zero-order valence-corrected chi connectivity index (χ0v) is 20.7. The fourth-order valence-corrected chi connectivity index (χ4v) is 6.40. The summed E-state index contributed by atoms with van der Waals surface area (Å²) in [5.41, 5.74) is 5.39. The Morgan fingerprint density at radius 3 is 1.78 bits per heavy atom. The first-order chi connectivity index (χ1) is 15.8. The first kappa shape index (κ1) is 23.5. The second-order valence-electron chi connectivity index (χ2n) is 10.8. The van der Waals surface area contributed by atoms with Crippen molar-refractivity contribution < 1.29 is 0 Å². The van der Waals surface area contributed by atoms with Crippen molar-refractivity contribution in [1.29, 1.82) is 0 Å². The molecule has 2 aliphatic carbocycles. The quantitative estimate of drug-likeness (QED) is 0.360. The third-order valence-corrected chi connectivity index (χ3v) is 8.54. The summed E-state index contributed by atoms with van der Waals surface area (Å²) < 4.78 is 0. The molecule has 2 fully saturated rings. The van der Waals surface area contributed by atoms with Gasteiger partial charge < -0.3 is 0 Å². The van der Waals surface area contributed by atoms with Gasteiger partial charge in [0.2, 0.25) is 0 Å². The maximum atomic E-state index is 4.87. The predicted octanol–water partition coefficient (Wildman–Crippen LogP) is 9.68. The molecule has 1 aromatic carbocycles. The fraction of sp³-hybridized carbons (Fsp3) is 0.645. The molecular formula is C31H45N. The number of rotatable bonds is 9. The molecule has 2 aliphatic rings. The number of pyridine rings is 1. The van der Waals surface area contributed by atoms with Crippen LogP contribution >= 0.6 is 0 Å². The van der Waals surface area contributed by atoms with Crippen LogP contribution in [0.2, 0.25) is 0 Å². The van der Waals surface area contributed by atoms with E-state index in [-0.39, 0.29) is 0 Å². The lowest BCUT2D eigenvalue weighted by atomic mass is 9.77. The number of unbranched alkanes of at least 4 members (excludes halogenated alkanes) is 2. The lowest BCUT2D eigenvalue weighted by Crippen LogP contribution is -2.13. The standard InChI is InChI=1S/C31H45N/c1-3-5-6-8-25-11-13-26(14-12-25)27-17-19-29(20-18-27)31-22-21-30(23-32-31)28-15-9-24(7-4-2)10-16-28/h17-26,28H,3-16H2,1-2H3. The molecule has 0 atom stereocenters.